The van der Waals surface area contributed by atoms with E-state index in [1.54, 1.807) is 19.2 Å². The molecule has 0 unspecified atom stereocenters. The number of hydrogen-bond donors (Lipinski definition) is 0. The number of carbonyl (C=O) groups excluding carboxylic acids is 2. The van der Waals surface area contributed by atoms with Crippen molar-refractivity contribution in [3.05, 3.63) is 65.7 Å². The van der Waals surface area contributed by atoms with Gasteiger partial charge in [-0.3, -0.25) is 9.59 Å². The van der Waals surface area contributed by atoms with Crippen LogP contribution in [0.15, 0.2) is 54.6 Å². The zero-order valence-corrected chi connectivity index (χ0v) is 18.8. The molecule has 2 aromatic rings. The van der Waals surface area contributed by atoms with Gasteiger partial charge in [-0.1, -0.05) is 48.5 Å². The van der Waals surface area contributed by atoms with Crippen molar-refractivity contribution in [1.29, 1.82) is 0 Å². The summed E-state index contributed by atoms with van der Waals surface area (Å²) >= 11 is 0. The van der Waals surface area contributed by atoms with Crippen molar-refractivity contribution in [2.45, 2.75) is 32.1 Å². The van der Waals surface area contributed by atoms with Crippen LogP contribution in [0.5, 0.6) is 5.75 Å². The van der Waals surface area contributed by atoms with Gasteiger partial charge in [-0.05, 0) is 43.4 Å². The molecule has 1 amide bonds. The number of carbonyl (C=O) groups is 2. The molecule has 166 valence electrons. The summed E-state index contributed by atoms with van der Waals surface area (Å²) in [5.74, 6) is 1.51. The van der Waals surface area contributed by atoms with Gasteiger partial charge in [0.1, 0.15) is 5.75 Å². The van der Waals surface area contributed by atoms with Gasteiger partial charge in [0.05, 0.1) is 7.11 Å². The van der Waals surface area contributed by atoms with Crippen molar-refractivity contribution in [3.8, 4) is 5.75 Å². The van der Waals surface area contributed by atoms with E-state index in [-0.39, 0.29) is 24.5 Å². The highest BCUT2D eigenvalue weighted by atomic mass is 16.5. The summed E-state index contributed by atoms with van der Waals surface area (Å²) in [6, 6.07) is 17.4. The Labute approximate surface area is 186 Å². The lowest BCUT2D eigenvalue weighted by molar-refractivity contribution is -0.130. The molecule has 5 nitrogen and oxygen atoms in total. The Balaban J connectivity index is 1.42. The largest absolute Gasteiger partial charge is 0.496 e. The van der Waals surface area contributed by atoms with E-state index in [0.717, 1.165) is 51.2 Å². The summed E-state index contributed by atoms with van der Waals surface area (Å²) < 4.78 is 5.47. The van der Waals surface area contributed by atoms with E-state index in [2.05, 4.69) is 17.0 Å². The fourth-order valence-corrected chi connectivity index (χ4v) is 4.36. The molecule has 1 aliphatic heterocycles. The Morgan fingerprint density at radius 1 is 1.06 bits per heavy atom. The number of likely N-dealkylation sites (tertiary alicyclic amines) is 1. The zero-order chi connectivity index (χ0) is 22.1. The van der Waals surface area contributed by atoms with Crippen molar-refractivity contribution in [1.82, 2.24) is 9.80 Å². The van der Waals surface area contributed by atoms with Crippen LogP contribution in [0.3, 0.4) is 0 Å². The first-order valence-electron chi connectivity index (χ1n) is 11.2. The van der Waals surface area contributed by atoms with Crippen molar-refractivity contribution in [3.63, 3.8) is 0 Å². The number of ketones is 1. The van der Waals surface area contributed by atoms with Gasteiger partial charge < -0.3 is 14.5 Å². The SMILES string of the molecule is COc1ccccc1CCN1CCC[C@@H](CN(C)C(=O)CCC(=O)c2ccccc2)C1. The second-order valence-corrected chi connectivity index (χ2v) is 8.43. The Bertz CT molecular complexity index is 853. The Morgan fingerprint density at radius 2 is 1.81 bits per heavy atom. The third-order valence-electron chi connectivity index (χ3n) is 6.11. The molecular weight excluding hydrogens is 388 g/mol. The highest BCUT2D eigenvalue weighted by Crippen LogP contribution is 2.21. The molecule has 0 aromatic heterocycles. The van der Waals surface area contributed by atoms with Crippen LogP contribution in [-0.2, 0) is 11.2 Å². The number of rotatable bonds is 10. The number of Topliss-reactive ketones (excluding diaryl/α,β-unsaturated/α-hetero) is 1. The molecule has 1 aliphatic rings. The number of hydrogen-bond acceptors (Lipinski definition) is 4. The molecular formula is C26H34N2O3. The van der Waals surface area contributed by atoms with Crippen LogP contribution >= 0.6 is 0 Å². The van der Waals surface area contributed by atoms with Gasteiger partial charge in [0.15, 0.2) is 5.78 Å². The van der Waals surface area contributed by atoms with Crippen LogP contribution in [0.25, 0.3) is 0 Å². The number of methoxy groups -OCH3 is 1. The monoisotopic (exact) mass is 422 g/mol. The predicted molar refractivity (Wildman–Crippen MR) is 124 cm³/mol. The topological polar surface area (TPSA) is 49.9 Å². The molecule has 5 heteroatoms. The summed E-state index contributed by atoms with van der Waals surface area (Å²) in [6.45, 7) is 3.87. The lowest BCUT2D eigenvalue weighted by Crippen LogP contribution is -2.42. The number of benzene rings is 2. The van der Waals surface area contributed by atoms with E-state index in [1.807, 2.05) is 42.3 Å². The highest BCUT2D eigenvalue weighted by molar-refractivity contribution is 5.97. The zero-order valence-electron chi connectivity index (χ0n) is 18.8. The van der Waals surface area contributed by atoms with Gasteiger partial charge in [-0.15, -0.1) is 0 Å². The average molecular weight is 423 g/mol. The molecule has 3 rings (SSSR count). The quantitative estimate of drug-likeness (QED) is 0.542. The normalized spacial score (nSPS) is 16.6. The molecule has 0 spiro atoms. The molecule has 1 fully saturated rings. The van der Waals surface area contributed by atoms with Crippen molar-refractivity contribution in [2.75, 3.05) is 40.3 Å². The standard InChI is InChI=1S/C26H34N2O3/c1-27(26(30)15-14-24(29)22-10-4-3-5-11-22)19-21-9-8-17-28(20-21)18-16-23-12-6-7-13-25(23)31-2/h3-7,10-13,21H,8-9,14-20H2,1-2H3/t21-/m0/s1. The van der Waals surface area contributed by atoms with E-state index in [9.17, 15) is 9.59 Å². The van der Waals surface area contributed by atoms with Gasteiger partial charge in [0.2, 0.25) is 5.91 Å². The van der Waals surface area contributed by atoms with Crippen LogP contribution in [-0.4, -0.2) is 61.8 Å². The van der Waals surface area contributed by atoms with Crippen LogP contribution in [0.4, 0.5) is 0 Å². The molecule has 0 radical (unpaired) electrons. The molecule has 0 bridgehead atoms. The fraction of sp³-hybridized carbons (Fsp3) is 0.462. The summed E-state index contributed by atoms with van der Waals surface area (Å²) in [7, 11) is 3.58. The van der Waals surface area contributed by atoms with Gasteiger partial charge in [-0.2, -0.15) is 0 Å². The van der Waals surface area contributed by atoms with Gasteiger partial charge >= 0.3 is 0 Å². The molecule has 1 atom stereocenters. The van der Waals surface area contributed by atoms with Gasteiger partial charge in [-0.25, -0.2) is 0 Å². The lowest BCUT2D eigenvalue weighted by atomic mass is 9.96. The number of amides is 1. The number of ether oxygens (including phenoxy) is 1. The van der Waals surface area contributed by atoms with Gasteiger partial charge in [0, 0.05) is 45.1 Å². The summed E-state index contributed by atoms with van der Waals surface area (Å²) in [5.41, 5.74) is 1.92. The Hall–Kier alpha value is -2.66. The first-order valence-corrected chi connectivity index (χ1v) is 11.2. The maximum atomic E-state index is 12.6. The second kappa shape index (κ2) is 11.7. The average Bonchev–Trinajstić information content (AvgIpc) is 2.81. The molecule has 0 saturated carbocycles. The first kappa shape index (κ1) is 23.0. The summed E-state index contributed by atoms with van der Waals surface area (Å²) in [6.07, 6.45) is 3.81. The smallest absolute Gasteiger partial charge is 0.222 e. The third kappa shape index (κ3) is 6.93. The molecule has 0 aliphatic carbocycles. The minimum atomic E-state index is 0.0301. The Kier molecular flexibility index (Phi) is 8.65. The van der Waals surface area contributed by atoms with E-state index in [1.165, 1.54) is 5.56 Å². The molecule has 1 saturated heterocycles. The van der Waals surface area contributed by atoms with Crippen LogP contribution in [0.2, 0.25) is 0 Å². The summed E-state index contributed by atoms with van der Waals surface area (Å²) in [5, 5.41) is 0. The minimum Gasteiger partial charge on any atom is -0.496 e. The number of piperidine rings is 1. The van der Waals surface area contributed by atoms with E-state index in [0.29, 0.717) is 11.5 Å². The van der Waals surface area contributed by atoms with Crippen molar-refractivity contribution in [2.24, 2.45) is 5.92 Å². The third-order valence-corrected chi connectivity index (χ3v) is 6.11. The molecule has 1 heterocycles. The van der Waals surface area contributed by atoms with Crippen molar-refractivity contribution >= 4 is 11.7 Å². The highest BCUT2D eigenvalue weighted by Gasteiger charge is 2.23. The van der Waals surface area contributed by atoms with E-state index < -0.39 is 0 Å². The molecule has 0 N–H and O–H groups in total. The summed E-state index contributed by atoms with van der Waals surface area (Å²) in [4.78, 5) is 29.1. The van der Waals surface area contributed by atoms with Gasteiger partial charge in [0.25, 0.3) is 0 Å². The predicted octanol–water partition coefficient (Wildman–Crippen LogP) is 4.07. The Morgan fingerprint density at radius 3 is 2.58 bits per heavy atom. The van der Waals surface area contributed by atoms with Crippen LogP contribution in [0, 0.1) is 5.92 Å². The molecule has 31 heavy (non-hydrogen) atoms. The maximum Gasteiger partial charge on any atom is 0.222 e. The van der Waals surface area contributed by atoms with Crippen LogP contribution < -0.4 is 4.74 Å². The van der Waals surface area contributed by atoms with E-state index >= 15 is 0 Å². The molecule has 2 aromatic carbocycles. The van der Waals surface area contributed by atoms with Crippen molar-refractivity contribution < 1.29 is 14.3 Å². The van der Waals surface area contributed by atoms with Crippen LogP contribution in [0.1, 0.15) is 41.6 Å². The second-order valence-electron chi connectivity index (χ2n) is 8.43. The maximum absolute atomic E-state index is 12.6. The minimum absolute atomic E-state index is 0.0301. The number of nitrogens with zero attached hydrogens (tertiary/aromatic N) is 2. The van der Waals surface area contributed by atoms with E-state index in [4.69, 9.17) is 4.74 Å². The number of para-hydroxylation sites is 1. The lowest BCUT2D eigenvalue weighted by Gasteiger charge is -2.34. The fourth-order valence-electron chi connectivity index (χ4n) is 4.36. The first-order chi connectivity index (χ1) is 15.1.